The van der Waals surface area contributed by atoms with Crippen LogP contribution in [0.3, 0.4) is 0 Å². The van der Waals surface area contributed by atoms with Crippen molar-refractivity contribution < 1.29 is 14.0 Å². The van der Waals surface area contributed by atoms with Gasteiger partial charge in [0.1, 0.15) is 0 Å². The Kier molecular flexibility index (Phi) is 8.19. The van der Waals surface area contributed by atoms with Gasteiger partial charge in [-0.25, -0.2) is 10.2 Å². The lowest BCUT2D eigenvalue weighted by atomic mass is 10.0. The van der Waals surface area contributed by atoms with E-state index in [9.17, 15) is 14.7 Å². The Hall–Kier alpha value is -0.830. The van der Waals surface area contributed by atoms with Gasteiger partial charge in [0.05, 0.1) is 16.4 Å². The maximum absolute atomic E-state index is 13.0. The molecule has 10 heteroatoms. The summed E-state index contributed by atoms with van der Waals surface area (Å²) in [6.45, 7) is 2.72. The van der Waals surface area contributed by atoms with Crippen molar-refractivity contribution in [2.75, 3.05) is 23.7 Å². The summed E-state index contributed by atoms with van der Waals surface area (Å²) in [5.74, 6) is 0. The first-order valence-electron chi connectivity index (χ1n) is 7.98. The van der Waals surface area contributed by atoms with Crippen molar-refractivity contribution in [3.8, 4) is 0 Å². The summed E-state index contributed by atoms with van der Waals surface area (Å²) in [7, 11) is -3.26. The molecule has 7 nitrogen and oxygen atoms in total. The van der Waals surface area contributed by atoms with Gasteiger partial charge in [-0.15, -0.1) is 0 Å². The molecule has 0 aliphatic heterocycles. The molecule has 0 heterocycles. The van der Waals surface area contributed by atoms with Crippen LogP contribution in [0.25, 0.3) is 10.8 Å². The molecule has 1 unspecified atom stereocenters. The average molecular weight is 509 g/mol. The van der Waals surface area contributed by atoms with Crippen molar-refractivity contribution in [3.05, 3.63) is 52.1 Å². The molecular formula is C16H20Br2N3O4P. The quantitative estimate of drug-likeness (QED) is 0.205. The minimum atomic E-state index is -3.26. The Labute approximate surface area is 168 Å². The van der Waals surface area contributed by atoms with Gasteiger partial charge in [0.15, 0.2) is 0 Å². The van der Waals surface area contributed by atoms with Gasteiger partial charge in [-0.05, 0) is 23.9 Å². The van der Waals surface area contributed by atoms with Crippen molar-refractivity contribution in [1.29, 1.82) is 0 Å². The topological polar surface area (TPSA) is 93.5 Å². The third kappa shape index (κ3) is 5.58. The molecule has 0 amide bonds. The van der Waals surface area contributed by atoms with Crippen LogP contribution in [0.5, 0.6) is 0 Å². The molecule has 1 atom stereocenters. The smallest absolute Gasteiger partial charge is 0.298 e. The van der Waals surface area contributed by atoms with E-state index < -0.39 is 18.7 Å². The van der Waals surface area contributed by atoms with Crippen molar-refractivity contribution in [1.82, 2.24) is 10.2 Å². The molecule has 0 radical (unpaired) electrons. The molecule has 0 bridgehead atoms. The standard InChI is InChI=1S/C16H20Br2N3O4P/c1-12(25-26(24,19-9-7-17)20-10-8-18)14-6-5-13-3-2-4-16(21(22)23)15(13)11-14/h2-6,11-12H,7-10H2,1H3,(H2,19,20,24). The summed E-state index contributed by atoms with van der Waals surface area (Å²) in [4.78, 5) is 10.9. The Bertz CT molecular complexity index is 809. The molecule has 0 saturated carbocycles. The number of benzene rings is 2. The van der Waals surface area contributed by atoms with Gasteiger partial charge in [0, 0.05) is 29.8 Å². The highest BCUT2D eigenvalue weighted by Gasteiger charge is 2.26. The molecule has 26 heavy (non-hydrogen) atoms. The summed E-state index contributed by atoms with van der Waals surface area (Å²) >= 11 is 6.58. The molecule has 2 N–H and O–H groups in total. The van der Waals surface area contributed by atoms with Gasteiger partial charge < -0.3 is 0 Å². The van der Waals surface area contributed by atoms with Gasteiger partial charge in [-0.1, -0.05) is 56.1 Å². The van der Waals surface area contributed by atoms with Crippen molar-refractivity contribution in [2.24, 2.45) is 0 Å². The second-order valence-corrected chi connectivity index (χ2v) is 9.04. The Morgan fingerprint density at radius 3 is 2.42 bits per heavy atom. The van der Waals surface area contributed by atoms with E-state index in [1.165, 1.54) is 6.07 Å². The molecule has 0 spiro atoms. The number of hydrogen-bond donors (Lipinski definition) is 2. The molecule has 2 aromatic rings. The number of non-ortho nitro benzene ring substituents is 1. The third-order valence-electron chi connectivity index (χ3n) is 3.68. The van der Waals surface area contributed by atoms with Crippen molar-refractivity contribution in [2.45, 2.75) is 13.0 Å². The monoisotopic (exact) mass is 507 g/mol. The number of fused-ring (bicyclic) bond motifs is 1. The normalized spacial score (nSPS) is 13.0. The van der Waals surface area contributed by atoms with E-state index >= 15 is 0 Å². The predicted octanol–water partition coefficient (Wildman–Crippen LogP) is 4.90. The lowest BCUT2D eigenvalue weighted by molar-refractivity contribution is -0.383. The van der Waals surface area contributed by atoms with Gasteiger partial charge >= 0.3 is 7.67 Å². The Morgan fingerprint density at radius 2 is 1.85 bits per heavy atom. The van der Waals surface area contributed by atoms with E-state index in [2.05, 4.69) is 42.0 Å². The van der Waals surface area contributed by atoms with Crippen LogP contribution in [-0.2, 0) is 9.09 Å². The van der Waals surface area contributed by atoms with Crippen LogP contribution >= 0.6 is 39.5 Å². The van der Waals surface area contributed by atoms with Crippen LogP contribution in [0.4, 0.5) is 5.69 Å². The fourth-order valence-corrected chi connectivity index (χ4v) is 5.13. The summed E-state index contributed by atoms with van der Waals surface area (Å²) in [5, 5.41) is 19.6. The molecule has 0 fully saturated rings. The molecular weight excluding hydrogens is 489 g/mol. The fourth-order valence-electron chi connectivity index (χ4n) is 2.48. The molecule has 2 rings (SSSR count). The largest absolute Gasteiger partial charge is 0.341 e. The highest BCUT2D eigenvalue weighted by molar-refractivity contribution is 9.09. The first kappa shape index (κ1) is 21.5. The van der Waals surface area contributed by atoms with E-state index in [0.717, 1.165) is 5.39 Å². The minimum absolute atomic E-state index is 0.0366. The Balaban J connectivity index is 2.29. The molecule has 142 valence electrons. The van der Waals surface area contributed by atoms with Crippen molar-refractivity contribution in [3.63, 3.8) is 0 Å². The van der Waals surface area contributed by atoms with E-state index in [4.69, 9.17) is 4.52 Å². The van der Waals surface area contributed by atoms with Gasteiger partial charge in [-0.2, -0.15) is 0 Å². The fraction of sp³-hybridized carbons (Fsp3) is 0.375. The maximum Gasteiger partial charge on any atom is 0.341 e. The highest BCUT2D eigenvalue weighted by atomic mass is 79.9. The summed E-state index contributed by atoms with van der Waals surface area (Å²) < 4.78 is 18.8. The number of hydrogen-bond acceptors (Lipinski definition) is 4. The van der Waals surface area contributed by atoms with Gasteiger partial charge in [0.25, 0.3) is 5.69 Å². The number of halogens is 2. The lowest BCUT2D eigenvalue weighted by Crippen LogP contribution is -2.27. The SMILES string of the molecule is CC(OP(=O)(NCCBr)NCCBr)c1ccc2cccc([N+](=O)[O-])c2c1. The molecule has 0 aromatic heterocycles. The Morgan fingerprint density at radius 1 is 1.19 bits per heavy atom. The zero-order valence-corrected chi connectivity index (χ0v) is 18.2. The number of nitrogens with one attached hydrogen (secondary N) is 2. The highest BCUT2D eigenvalue weighted by Crippen LogP contribution is 2.43. The summed E-state index contributed by atoms with van der Waals surface area (Å²) in [6.07, 6.45) is -0.518. The minimum Gasteiger partial charge on any atom is -0.298 e. The van der Waals surface area contributed by atoms with E-state index in [1.54, 1.807) is 25.1 Å². The van der Waals surface area contributed by atoms with E-state index in [0.29, 0.717) is 34.7 Å². The first-order valence-corrected chi connectivity index (χ1v) is 11.8. The molecule has 0 saturated heterocycles. The number of alkyl halides is 2. The second kappa shape index (κ2) is 9.92. The van der Waals surface area contributed by atoms with Crippen LogP contribution in [-0.4, -0.2) is 28.7 Å². The first-order chi connectivity index (χ1) is 12.4. The third-order valence-corrected chi connectivity index (χ3v) is 6.37. The summed E-state index contributed by atoms with van der Waals surface area (Å²) in [6, 6.07) is 10.3. The lowest BCUT2D eigenvalue weighted by Gasteiger charge is -2.24. The van der Waals surface area contributed by atoms with E-state index in [-0.39, 0.29) is 5.69 Å². The molecule has 0 aliphatic carbocycles. The average Bonchev–Trinajstić information content (AvgIpc) is 2.63. The van der Waals surface area contributed by atoms with Crippen molar-refractivity contribution >= 4 is 56.0 Å². The van der Waals surface area contributed by atoms with Crippen LogP contribution in [0.1, 0.15) is 18.6 Å². The van der Waals surface area contributed by atoms with Crippen LogP contribution < -0.4 is 10.2 Å². The van der Waals surface area contributed by atoms with Crippen LogP contribution in [0.15, 0.2) is 36.4 Å². The predicted molar refractivity (Wildman–Crippen MR) is 111 cm³/mol. The zero-order chi connectivity index (χ0) is 19.2. The number of nitro groups is 1. The molecule has 2 aromatic carbocycles. The number of nitrogens with zero attached hydrogens (tertiary/aromatic N) is 1. The number of rotatable bonds is 10. The molecule has 0 aliphatic rings. The van der Waals surface area contributed by atoms with Gasteiger partial charge in [0.2, 0.25) is 0 Å². The van der Waals surface area contributed by atoms with E-state index in [1.807, 2.05) is 12.1 Å². The number of nitro benzene ring substituents is 1. The van der Waals surface area contributed by atoms with Gasteiger partial charge in [-0.3, -0.25) is 19.2 Å². The zero-order valence-electron chi connectivity index (χ0n) is 14.2. The van der Waals surface area contributed by atoms with Crippen LogP contribution in [0.2, 0.25) is 0 Å². The van der Waals surface area contributed by atoms with Crippen LogP contribution in [0, 0.1) is 10.1 Å². The second-order valence-electron chi connectivity index (χ2n) is 5.51. The summed E-state index contributed by atoms with van der Waals surface area (Å²) in [5.41, 5.74) is 0.753. The maximum atomic E-state index is 13.0.